The second-order valence-electron chi connectivity index (χ2n) is 7.55. The molecule has 0 N–H and O–H groups in total. The quantitative estimate of drug-likeness (QED) is 0.499. The van der Waals surface area contributed by atoms with Crippen LogP contribution in [0.4, 0.5) is 4.79 Å². The molecule has 1 fully saturated rings. The molecule has 0 unspecified atom stereocenters. The zero-order valence-electron chi connectivity index (χ0n) is 15.6. The van der Waals surface area contributed by atoms with Crippen LogP contribution in [0.3, 0.4) is 0 Å². The number of alkyl halides is 1. The van der Waals surface area contributed by atoms with E-state index in [9.17, 15) is 9.59 Å². The van der Waals surface area contributed by atoms with Crippen molar-refractivity contribution in [2.45, 2.75) is 36.4 Å². The molecule has 0 radical (unpaired) electrons. The van der Waals surface area contributed by atoms with Crippen LogP contribution in [0.1, 0.15) is 5.56 Å². The average Bonchev–Trinajstić information content (AvgIpc) is 3.02. The van der Waals surface area contributed by atoms with E-state index in [1.54, 1.807) is 0 Å². The van der Waals surface area contributed by atoms with Crippen LogP contribution in [0, 0.1) is 0 Å². The molecule has 2 aromatic rings. The van der Waals surface area contributed by atoms with Crippen LogP contribution in [0.5, 0.6) is 0 Å². The molecule has 2 amide bonds. The maximum Gasteiger partial charge on any atom is 0.417 e. The van der Waals surface area contributed by atoms with Crippen molar-refractivity contribution in [2.24, 2.45) is 0 Å². The monoisotopic (exact) mass is 445 g/mol. The number of hydrogen-bond donors (Lipinski definition) is 0. The molecular formula is C21H24BrNO3Si. The summed E-state index contributed by atoms with van der Waals surface area (Å²) in [5, 5.41) is 1.30. The lowest BCUT2D eigenvalue weighted by atomic mass is 10.1. The number of benzene rings is 2. The van der Waals surface area contributed by atoms with E-state index in [4.69, 9.17) is 4.74 Å². The number of amides is 2. The van der Waals surface area contributed by atoms with E-state index in [2.05, 4.69) is 41.2 Å². The molecule has 1 heterocycles. The smallest absolute Gasteiger partial charge is 0.417 e. The fourth-order valence-electron chi connectivity index (χ4n) is 3.46. The van der Waals surface area contributed by atoms with Gasteiger partial charge in [-0.15, -0.1) is 0 Å². The van der Waals surface area contributed by atoms with E-state index in [0.29, 0.717) is 6.42 Å². The summed E-state index contributed by atoms with van der Waals surface area (Å²) in [6.45, 7) is 4.74. The third kappa shape index (κ3) is 4.68. The van der Waals surface area contributed by atoms with Crippen molar-refractivity contribution in [3.8, 4) is 0 Å². The first kappa shape index (κ1) is 19.8. The van der Waals surface area contributed by atoms with E-state index >= 15 is 0 Å². The minimum Gasteiger partial charge on any atom is -0.447 e. The molecule has 1 aliphatic rings. The Morgan fingerprint density at radius 1 is 1.15 bits per heavy atom. The van der Waals surface area contributed by atoms with Crippen LogP contribution < -0.4 is 5.19 Å². The Hall–Kier alpha value is -1.92. The number of carbonyl (C=O) groups is 2. The highest BCUT2D eigenvalue weighted by Gasteiger charge is 2.41. The normalized spacial score (nSPS) is 18.3. The van der Waals surface area contributed by atoms with Gasteiger partial charge in [0, 0.05) is 0 Å². The zero-order valence-corrected chi connectivity index (χ0v) is 18.2. The van der Waals surface area contributed by atoms with Crippen molar-refractivity contribution >= 4 is 41.2 Å². The number of imide groups is 1. The topological polar surface area (TPSA) is 46.6 Å². The summed E-state index contributed by atoms with van der Waals surface area (Å²) < 4.78 is 5.19. The van der Waals surface area contributed by atoms with Crippen LogP contribution in [0.15, 0.2) is 60.7 Å². The van der Waals surface area contributed by atoms with Gasteiger partial charge in [-0.1, -0.05) is 94.9 Å². The van der Waals surface area contributed by atoms with Gasteiger partial charge in [-0.2, -0.15) is 0 Å². The molecule has 6 heteroatoms. The van der Waals surface area contributed by atoms with E-state index < -0.39 is 19.0 Å². The van der Waals surface area contributed by atoms with Crippen molar-refractivity contribution < 1.29 is 14.3 Å². The Morgan fingerprint density at radius 2 is 1.74 bits per heavy atom. The fraction of sp³-hybridized carbons (Fsp3) is 0.333. The Kier molecular flexibility index (Phi) is 6.17. The highest BCUT2D eigenvalue weighted by atomic mass is 79.9. The summed E-state index contributed by atoms with van der Waals surface area (Å²) in [6, 6.07) is 20.6. The standard InChI is InChI=1S/C21H24BrNO3Si/c1-27(2,18-11-7-4-8-12-18)15-19(22)20(24)23-17(14-26-21(23)25)13-16-9-5-3-6-10-16/h3-12,17,19H,13-15H2,1-2H3/t17-,19+/m1/s1. The molecule has 4 nitrogen and oxygen atoms in total. The number of rotatable bonds is 6. The fourth-order valence-corrected chi connectivity index (χ4v) is 8.51. The van der Waals surface area contributed by atoms with Crippen molar-refractivity contribution in [1.29, 1.82) is 0 Å². The lowest BCUT2D eigenvalue weighted by molar-refractivity contribution is -0.128. The maximum absolute atomic E-state index is 13.1. The second kappa shape index (κ2) is 8.40. The molecule has 0 aliphatic carbocycles. The van der Waals surface area contributed by atoms with E-state index in [-0.39, 0.29) is 18.6 Å². The summed E-state index contributed by atoms with van der Waals surface area (Å²) in [6.07, 6.45) is 0.0712. The van der Waals surface area contributed by atoms with Crippen molar-refractivity contribution in [1.82, 2.24) is 4.90 Å². The predicted molar refractivity (Wildman–Crippen MR) is 113 cm³/mol. The molecule has 142 valence electrons. The highest BCUT2D eigenvalue weighted by molar-refractivity contribution is 9.10. The molecule has 0 saturated carbocycles. The molecule has 0 spiro atoms. The Labute approximate surface area is 169 Å². The van der Waals surface area contributed by atoms with Gasteiger partial charge in [0.2, 0.25) is 5.91 Å². The van der Waals surface area contributed by atoms with Crippen molar-refractivity contribution in [3.05, 3.63) is 66.2 Å². The van der Waals surface area contributed by atoms with Crippen LogP contribution >= 0.6 is 15.9 Å². The largest absolute Gasteiger partial charge is 0.447 e. The van der Waals surface area contributed by atoms with Gasteiger partial charge < -0.3 is 4.74 Å². The minimum absolute atomic E-state index is 0.199. The number of halogens is 1. The molecule has 1 aliphatic heterocycles. The first-order chi connectivity index (χ1) is 12.9. The minimum atomic E-state index is -1.82. The molecular weight excluding hydrogens is 422 g/mol. The van der Waals surface area contributed by atoms with E-state index in [1.807, 2.05) is 48.5 Å². The second-order valence-corrected chi connectivity index (χ2v) is 13.4. The van der Waals surface area contributed by atoms with Crippen LogP contribution in [-0.2, 0) is 16.0 Å². The Morgan fingerprint density at radius 3 is 2.37 bits per heavy atom. The van der Waals surface area contributed by atoms with Gasteiger partial charge in [0.05, 0.1) is 18.9 Å². The first-order valence-corrected chi connectivity index (χ1v) is 13.2. The van der Waals surface area contributed by atoms with Gasteiger partial charge in [-0.05, 0) is 18.0 Å². The first-order valence-electron chi connectivity index (χ1n) is 9.12. The summed E-state index contributed by atoms with van der Waals surface area (Å²) in [4.78, 5) is 26.2. The van der Waals surface area contributed by atoms with E-state index in [1.165, 1.54) is 10.1 Å². The third-order valence-electron chi connectivity index (χ3n) is 5.03. The zero-order chi connectivity index (χ0) is 19.4. The third-order valence-corrected chi connectivity index (χ3v) is 9.66. The summed E-state index contributed by atoms with van der Waals surface area (Å²) in [5.74, 6) is -0.199. The highest BCUT2D eigenvalue weighted by Crippen LogP contribution is 2.25. The average molecular weight is 446 g/mol. The van der Waals surface area contributed by atoms with Gasteiger partial charge in [-0.3, -0.25) is 4.79 Å². The van der Waals surface area contributed by atoms with Crippen LogP contribution in [0.25, 0.3) is 0 Å². The van der Waals surface area contributed by atoms with E-state index in [0.717, 1.165) is 11.6 Å². The van der Waals surface area contributed by atoms with Crippen molar-refractivity contribution in [3.63, 3.8) is 0 Å². The lowest BCUT2D eigenvalue weighted by Gasteiger charge is -2.28. The lowest BCUT2D eigenvalue weighted by Crippen LogP contribution is -2.49. The van der Waals surface area contributed by atoms with Gasteiger partial charge in [-0.25, -0.2) is 9.69 Å². The van der Waals surface area contributed by atoms with Gasteiger partial charge in [0.15, 0.2) is 0 Å². The molecule has 0 bridgehead atoms. The van der Waals surface area contributed by atoms with Crippen LogP contribution in [-0.4, -0.2) is 42.5 Å². The van der Waals surface area contributed by atoms with Gasteiger partial charge in [0.1, 0.15) is 6.61 Å². The number of carbonyl (C=O) groups excluding carboxylic acids is 2. The molecule has 2 atom stereocenters. The van der Waals surface area contributed by atoms with Gasteiger partial charge in [0.25, 0.3) is 0 Å². The molecule has 2 aromatic carbocycles. The number of ether oxygens (including phenoxy) is 1. The summed E-state index contributed by atoms with van der Waals surface area (Å²) >= 11 is 3.56. The predicted octanol–water partition coefficient (Wildman–Crippen LogP) is 3.96. The molecule has 27 heavy (non-hydrogen) atoms. The Balaban J connectivity index is 1.71. The SMILES string of the molecule is C[Si](C)(C[C@H](Br)C(=O)N1C(=O)OC[C@H]1Cc1ccccc1)c1ccccc1. The maximum atomic E-state index is 13.1. The van der Waals surface area contributed by atoms with Gasteiger partial charge >= 0.3 is 6.09 Å². The summed E-state index contributed by atoms with van der Waals surface area (Å²) in [5.41, 5.74) is 1.09. The molecule has 0 aromatic heterocycles. The summed E-state index contributed by atoms with van der Waals surface area (Å²) in [7, 11) is -1.82. The number of cyclic esters (lactones) is 1. The van der Waals surface area contributed by atoms with Crippen molar-refractivity contribution in [2.75, 3.05) is 6.61 Å². The Bertz CT molecular complexity index is 798. The number of nitrogens with zero attached hydrogens (tertiary/aromatic N) is 1. The number of hydrogen-bond acceptors (Lipinski definition) is 3. The van der Waals surface area contributed by atoms with Crippen LogP contribution in [0.2, 0.25) is 19.1 Å². The molecule has 3 rings (SSSR count). The molecule has 1 saturated heterocycles.